The molecule has 1 fully saturated rings. The molecule has 0 spiro atoms. The Kier molecular flexibility index (Phi) is 8.66. The Balaban J connectivity index is 1.29. The first-order chi connectivity index (χ1) is 19.9. The molecular formula is C32H35N3O6. The molecular weight excluding hydrogens is 522 g/mol. The van der Waals surface area contributed by atoms with Crippen LogP contribution in [0.15, 0.2) is 78.9 Å². The summed E-state index contributed by atoms with van der Waals surface area (Å²) in [5.41, 5.74) is 4.18. The largest absolute Gasteiger partial charge is 0.480 e. The third-order valence-electron chi connectivity index (χ3n) is 8.10. The molecule has 0 radical (unpaired) electrons. The number of carbonyl (C=O) groups is 3. The molecule has 4 N–H and O–H groups in total. The number of hydrogen-bond acceptors (Lipinski definition) is 6. The summed E-state index contributed by atoms with van der Waals surface area (Å²) in [6, 6.07) is 24.8. The molecule has 3 aromatic rings. The average molecular weight is 558 g/mol. The van der Waals surface area contributed by atoms with Crippen LogP contribution >= 0.6 is 0 Å². The van der Waals surface area contributed by atoms with Crippen LogP contribution in [0.4, 0.5) is 4.79 Å². The highest BCUT2D eigenvalue weighted by atomic mass is 16.5. The number of carboxylic acids is 1. The van der Waals surface area contributed by atoms with Gasteiger partial charge in [-0.25, -0.2) is 9.59 Å². The van der Waals surface area contributed by atoms with E-state index in [0.29, 0.717) is 19.6 Å². The Hall–Kier alpha value is -4.21. The molecule has 41 heavy (non-hydrogen) atoms. The fourth-order valence-corrected chi connectivity index (χ4v) is 5.86. The monoisotopic (exact) mass is 557 g/mol. The van der Waals surface area contributed by atoms with Gasteiger partial charge in [-0.1, -0.05) is 78.9 Å². The fraction of sp³-hybridized carbons (Fsp3) is 0.344. The number of likely N-dealkylation sites (tertiary alicyclic amines) is 1. The SMILES string of the molecule is O=C(NC1(C(=O)N[C@@H](CCO)C(=O)O)CCN(Cc2ccccc2)CC1)OCC1c2ccccc2-c2ccccc21. The molecule has 5 rings (SSSR count). The van der Waals surface area contributed by atoms with Crippen molar-refractivity contribution >= 4 is 18.0 Å². The first-order valence-corrected chi connectivity index (χ1v) is 13.9. The molecule has 3 aromatic carbocycles. The Morgan fingerprint density at radius 2 is 1.49 bits per heavy atom. The predicted octanol–water partition coefficient (Wildman–Crippen LogP) is 3.51. The van der Waals surface area contributed by atoms with E-state index in [9.17, 15) is 24.6 Å². The summed E-state index contributed by atoms with van der Waals surface area (Å²) in [5, 5.41) is 24.2. The van der Waals surface area contributed by atoms with E-state index in [2.05, 4.69) is 27.7 Å². The molecule has 1 atom stereocenters. The lowest BCUT2D eigenvalue weighted by Gasteiger charge is -2.41. The molecule has 214 valence electrons. The maximum atomic E-state index is 13.6. The van der Waals surface area contributed by atoms with Gasteiger partial charge in [0.1, 0.15) is 18.2 Å². The third-order valence-corrected chi connectivity index (χ3v) is 8.10. The summed E-state index contributed by atoms with van der Waals surface area (Å²) >= 11 is 0. The zero-order valence-electron chi connectivity index (χ0n) is 22.8. The number of fused-ring (bicyclic) bond motifs is 3. The van der Waals surface area contributed by atoms with Crippen molar-refractivity contribution in [2.75, 3.05) is 26.3 Å². The van der Waals surface area contributed by atoms with Crippen LogP contribution in [0.1, 0.15) is 41.9 Å². The van der Waals surface area contributed by atoms with Crippen molar-refractivity contribution in [2.45, 2.75) is 43.3 Å². The summed E-state index contributed by atoms with van der Waals surface area (Å²) in [7, 11) is 0. The van der Waals surface area contributed by atoms with Crippen LogP contribution < -0.4 is 10.6 Å². The normalized spacial score (nSPS) is 16.7. The van der Waals surface area contributed by atoms with Gasteiger partial charge >= 0.3 is 12.1 Å². The van der Waals surface area contributed by atoms with Gasteiger partial charge in [-0.3, -0.25) is 9.69 Å². The van der Waals surface area contributed by atoms with Gasteiger partial charge in [0, 0.05) is 38.6 Å². The van der Waals surface area contributed by atoms with Crippen LogP contribution in [-0.4, -0.2) is 71.0 Å². The second kappa shape index (κ2) is 12.5. The van der Waals surface area contributed by atoms with Gasteiger partial charge in [-0.05, 0) is 40.7 Å². The van der Waals surface area contributed by atoms with Gasteiger partial charge in [-0.2, -0.15) is 0 Å². The fourth-order valence-electron chi connectivity index (χ4n) is 5.86. The molecule has 2 aliphatic rings. The molecule has 1 aliphatic carbocycles. The lowest BCUT2D eigenvalue weighted by atomic mass is 9.86. The minimum atomic E-state index is -1.35. The van der Waals surface area contributed by atoms with Crippen molar-refractivity contribution in [1.82, 2.24) is 15.5 Å². The van der Waals surface area contributed by atoms with Gasteiger partial charge in [0.15, 0.2) is 0 Å². The van der Waals surface area contributed by atoms with Crippen molar-refractivity contribution < 1.29 is 29.3 Å². The van der Waals surface area contributed by atoms with Crippen LogP contribution in [0.25, 0.3) is 11.1 Å². The minimum absolute atomic E-state index is 0.0972. The number of hydrogen-bond donors (Lipinski definition) is 4. The molecule has 1 heterocycles. The van der Waals surface area contributed by atoms with E-state index in [4.69, 9.17) is 4.74 Å². The summed E-state index contributed by atoms with van der Waals surface area (Å²) in [4.78, 5) is 40.7. The quantitative estimate of drug-likeness (QED) is 0.300. The molecule has 9 nitrogen and oxygen atoms in total. The smallest absolute Gasteiger partial charge is 0.408 e. The van der Waals surface area contributed by atoms with Crippen molar-refractivity contribution in [3.05, 3.63) is 95.6 Å². The van der Waals surface area contributed by atoms with Crippen molar-refractivity contribution in [1.29, 1.82) is 0 Å². The number of aliphatic hydroxyl groups excluding tert-OH is 1. The number of amides is 2. The zero-order chi connectivity index (χ0) is 28.8. The molecule has 9 heteroatoms. The second-order valence-electron chi connectivity index (χ2n) is 10.7. The first kappa shape index (κ1) is 28.3. The Bertz CT molecular complexity index is 1340. The average Bonchev–Trinajstić information content (AvgIpc) is 3.31. The number of aliphatic carboxylic acids is 1. The number of benzene rings is 3. The van der Waals surface area contributed by atoms with Crippen LogP contribution in [-0.2, 0) is 20.9 Å². The van der Waals surface area contributed by atoms with Crippen LogP contribution in [0.5, 0.6) is 0 Å². The van der Waals surface area contributed by atoms with E-state index in [1.807, 2.05) is 66.7 Å². The Labute approximate surface area is 239 Å². The minimum Gasteiger partial charge on any atom is -0.480 e. The number of carboxylic acid groups (broad SMARTS) is 1. The van der Waals surface area contributed by atoms with Gasteiger partial charge < -0.3 is 25.6 Å². The molecule has 1 saturated heterocycles. The standard InChI is InChI=1S/C32H35N3O6/c36-19-14-28(29(37)38)33-30(39)32(15-17-35(18-16-32)20-22-8-2-1-3-9-22)34-31(40)41-21-27-25-12-6-4-10-23(25)24-11-5-7-13-26(24)27/h1-13,27-28,36H,14-21H2,(H,33,39)(H,34,40)(H,37,38)/t28-/m0/s1. The summed E-state index contributed by atoms with van der Waals surface area (Å²) in [6.07, 6.45) is -0.308. The number of alkyl carbamates (subject to hydrolysis) is 1. The first-order valence-electron chi connectivity index (χ1n) is 13.9. The summed E-state index contributed by atoms with van der Waals surface area (Å²) < 4.78 is 5.74. The van der Waals surface area contributed by atoms with Crippen molar-refractivity contribution in [3.8, 4) is 11.1 Å². The molecule has 0 unspecified atom stereocenters. The van der Waals surface area contributed by atoms with Crippen molar-refractivity contribution in [3.63, 3.8) is 0 Å². The highest BCUT2D eigenvalue weighted by molar-refractivity contribution is 5.93. The van der Waals surface area contributed by atoms with Gasteiger partial charge in [0.25, 0.3) is 0 Å². The van der Waals surface area contributed by atoms with Gasteiger partial charge in [0.2, 0.25) is 5.91 Å². The second-order valence-corrected chi connectivity index (χ2v) is 10.7. The zero-order valence-corrected chi connectivity index (χ0v) is 22.8. The molecule has 1 aliphatic heterocycles. The lowest BCUT2D eigenvalue weighted by Crippen LogP contribution is -2.65. The van der Waals surface area contributed by atoms with E-state index in [1.54, 1.807) is 0 Å². The van der Waals surface area contributed by atoms with Crippen LogP contribution in [0.3, 0.4) is 0 Å². The molecule has 0 saturated carbocycles. The molecule has 0 aromatic heterocycles. The predicted molar refractivity (Wildman–Crippen MR) is 153 cm³/mol. The van der Waals surface area contributed by atoms with E-state index in [1.165, 1.54) is 0 Å². The molecule has 0 bridgehead atoms. The number of piperidine rings is 1. The maximum Gasteiger partial charge on any atom is 0.408 e. The number of carbonyl (C=O) groups excluding carboxylic acids is 2. The summed E-state index contributed by atoms with van der Waals surface area (Å²) in [6.45, 7) is 1.44. The number of aliphatic hydroxyl groups is 1. The Morgan fingerprint density at radius 3 is 2.07 bits per heavy atom. The van der Waals surface area contributed by atoms with E-state index < -0.39 is 36.2 Å². The van der Waals surface area contributed by atoms with Gasteiger partial charge in [0.05, 0.1) is 0 Å². The topological polar surface area (TPSA) is 128 Å². The summed E-state index contributed by atoms with van der Waals surface area (Å²) in [5.74, 6) is -1.97. The maximum absolute atomic E-state index is 13.6. The number of ether oxygens (including phenoxy) is 1. The lowest BCUT2D eigenvalue weighted by molar-refractivity contribution is -0.143. The third kappa shape index (κ3) is 6.26. The number of rotatable bonds is 10. The van der Waals surface area contributed by atoms with Gasteiger partial charge in [-0.15, -0.1) is 0 Å². The number of nitrogens with zero attached hydrogens (tertiary/aromatic N) is 1. The highest BCUT2D eigenvalue weighted by Crippen LogP contribution is 2.44. The Morgan fingerprint density at radius 1 is 0.902 bits per heavy atom. The number of nitrogens with one attached hydrogen (secondary N) is 2. The van der Waals surface area contributed by atoms with E-state index in [0.717, 1.165) is 27.8 Å². The van der Waals surface area contributed by atoms with Crippen LogP contribution in [0.2, 0.25) is 0 Å². The van der Waals surface area contributed by atoms with E-state index in [-0.39, 0.29) is 31.8 Å². The molecule has 2 amide bonds. The van der Waals surface area contributed by atoms with Crippen molar-refractivity contribution in [2.24, 2.45) is 0 Å². The highest BCUT2D eigenvalue weighted by Gasteiger charge is 2.44. The van der Waals surface area contributed by atoms with E-state index >= 15 is 0 Å². The van der Waals surface area contributed by atoms with Crippen LogP contribution in [0, 0.1) is 0 Å².